The number of aryl methyl sites for hydroxylation is 1. The first-order valence-corrected chi connectivity index (χ1v) is 5.76. The normalized spacial score (nSPS) is 10.6. The molecule has 0 bridgehead atoms. The second kappa shape index (κ2) is 4.02. The summed E-state index contributed by atoms with van der Waals surface area (Å²) >= 11 is 0. The van der Waals surface area contributed by atoms with Crippen LogP contribution in [0, 0.1) is 6.92 Å². The van der Waals surface area contributed by atoms with Crippen LogP contribution in [0.1, 0.15) is 5.69 Å². The number of hydrogen-bond acceptors (Lipinski definition) is 1. The molecule has 0 spiro atoms. The fraction of sp³-hybridized carbons (Fsp3) is 0.0625. The molecule has 0 amide bonds. The molecule has 1 heteroatoms. The molecule has 82 valence electrons. The van der Waals surface area contributed by atoms with Gasteiger partial charge in [0.2, 0.25) is 0 Å². The van der Waals surface area contributed by atoms with Gasteiger partial charge in [0.05, 0.1) is 0 Å². The second-order valence-corrected chi connectivity index (χ2v) is 4.17. The highest BCUT2D eigenvalue weighted by atomic mass is 14.7. The SMILES string of the molecule is Cc1nccc2cccc(-c3ccccc3)c12. The monoisotopic (exact) mass is 219 g/mol. The van der Waals surface area contributed by atoms with Gasteiger partial charge in [0, 0.05) is 17.3 Å². The molecule has 0 radical (unpaired) electrons. The third-order valence-corrected chi connectivity index (χ3v) is 3.07. The van der Waals surface area contributed by atoms with Crippen LogP contribution >= 0.6 is 0 Å². The molecule has 3 aromatic rings. The van der Waals surface area contributed by atoms with Crippen molar-refractivity contribution in [2.24, 2.45) is 0 Å². The summed E-state index contributed by atoms with van der Waals surface area (Å²) in [5.74, 6) is 0. The van der Waals surface area contributed by atoms with Gasteiger partial charge in [-0.1, -0.05) is 48.5 Å². The Hall–Kier alpha value is -2.15. The van der Waals surface area contributed by atoms with Gasteiger partial charge in [-0.2, -0.15) is 0 Å². The quantitative estimate of drug-likeness (QED) is 0.597. The van der Waals surface area contributed by atoms with Crippen molar-refractivity contribution >= 4 is 10.8 Å². The number of pyridine rings is 1. The fourth-order valence-electron chi connectivity index (χ4n) is 2.27. The van der Waals surface area contributed by atoms with E-state index in [2.05, 4.69) is 60.4 Å². The zero-order chi connectivity index (χ0) is 11.7. The molecule has 0 unspecified atom stereocenters. The highest BCUT2D eigenvalue weighted by molar-refractivity contribution is 5.97. The van der Waals surface area contributed by atoms with Gasteiger partial charge in [-0.15, -0.1) is 0 Å². The van der Waals surface area contributed by atoms with E-state index < -0.39 is 0 Å². The smallest absolute Gasteiger partial charge is 0.0457 e. The lowest BCUT2D eigenvalue weighted by Gasteiger charge is -2.08. The molecular weight excluding hydrogens is 206 g/mol. The van der Waals surface area contributed by atoms with Gasteiger partial charge in [-0.3, -0.25) is 4.98 Å². The summed E-state index contributed by atoms with van der Waals surface area (Å²) in [5, 5.41) is 2.50. The van der Waals surface area contributed by atoms with Gasteiger partial charge >= 0.3 is 0 Å². The van der Waals surface area contributed by atoms with Crippen molar-refractivity contribution in [1.29, 1.82) is 0 Å². The molecule has 3 rings (SSSR count). The zero-order valence-corrected chi connectivity index (χ0v) is 9.72. The maximum Gasteiger partial charge on any atom is 0.0457 e. The lowest BCUT2D eigenvalue weighted by Crippen LogP contribution is -1.87. The topological polar surface area (TPSA) is 12.9 Å². The predicted octanol–water partition coefficient (Wildman–Crippen LogP) is 4.21. The van der Waals surface area contributed by atoms with Crippen LogP contribution in [0.15, 0.2) is 60.8 Å². The summed E-state index contributed by atoms with van der Waals surface area (Å²) in [5.41, 5.74) is 3.59. The second-order valence-electron chi connectivity index (χ2n) is 4.17. The standard InChI is InChI=1S/C16H13N/c1-12-16-14(10-11-17-12)8-5-9-15(16)13-6-3-2-4-7-13/h2-11H,1H3. The fourth-order valence-corrected chi connectivity index (χ4v) is 2.27. The molecular formula is C16H13N. The van der Waals surface area contributed by atoms with Crippen LogP contribution in [0.25, 0.3) is 21.9 Å². The summed E-state index contributed by atoms with van der Waals surface area (Å²) in [4.78, 5) is 4.39. The molecule has 0 atom stereocenters. The third-order valence-electron chi connectivity index (χ3n) is 3.07. The van der Waals surface area contributed by atoms with Crippen molar-refractivity contribution in [3.8, 4) is 11.1 Å². The highest BCUT2D eigenvalue weighted by Gasteiger charge is 2.05. The maximum atomic E-state index is 4.39. The summed E-state index contributed by atoms with van der Waals surface area (Å²) in [6.45, 7) is 2.06. The van der Waals surface area contributed by atoms with E-state index in [0.717, 1.165) is 5.69 Å². The van der Waals surface area contributed by atoms with E-state index in [1.165, 1.54) is 21.9 Å². The van der Waals surface area contributed by atoms with E-state index >= 15 is 0 Å². The molecule has 17 heavy (non-hydrogen) atoms. The molecule has 0 N–H and O–H groups in total. The van der Waals surface area contributed by atoms with E-state index in [1.54, 1.807) is 0 Å². The number of nitrogens with zero attached hydrogens (tertiary/aromatic N) is 1. The summed E-state index contributed by atoms with van der Waals surface area (Å²) in [6.07, 6.45) is 1.87. The Morgan fingerprint density at radius 3 is 2.47 bits per heavy atom. The van der Waals surface area contributed by atoms with Gasteiger partial charge < -0.3 is 0 Å². The average molecular weight is 219 g/mol. The number of benzene rings is 2. The Kier molecular flexibility index (Phi) is 2.37. The predicted molar refractivity (Wildman–Crippen MR) is 71.9 cm³/mol. The number of fused-ring (bicyclic) bond motifs is 1. The molecule has 0 aliphatic carbocycles. The first kappa shape index (κ1) is 10.0. The molecule has 0 aliphatic rings. The Morgan fingerprint density at radius 1 is 0.824 bits per heavy atom. The van der Waals surface area contributed by atoms with Gasteiger partial charge in [-0.25, -0.2) is 0 Å². The first-order valence-electron chi connectivity index (χ1n) is 5.76. The third kappa shape index (κ3) is 1.70. The Morgan fingerprint density at radius 2 is 1.65 bits per heavy atom. The zero-order valence-electron chi connectivity index (χ0n) is 9.72. The van der Waals surface area contributed by atoms with Crippen LogP contribution in [0.5, 0.6) is 0 Å². The minimum absolute atomic E-state index is 1.09. The average Bonchev–Trinajstić information content (AvgIpc) is 2.39. The molecule has 1 heterocycles. The Balaban J connectivity index is 2.38. The van der Waals surface area contributed by atoms with Crippen molar-refractivity contribution in [3.63, 3.8) is 0 Å². The molecule has 1 aromatic heterocycles. The van der Waals surface area contributed by atoms with Crippen molar-refractivity contribution < 1.29 is 0 Å². The van der Waals surface area contributed by atoms with Crippen LogP contribution < -0.4 is 0 Å². The summed E-state index contributed by atoms with van der Waals surface area (Å²) < 4.78 is 0. The van der Waals surface area contributed by atoms with Crippen LogP contribution in [-0.2, 0) is 0 Å². The Labute approximate surface area is 101 Å². The van der Waals surface area contributed by atoms with Gasteiger partial charge in [-0.05, 0) is 29.5 Å². The van der Waals surface area contributed by atoms with E-state index in [-0.39, 0.29) is 0 Å². The number of aromatic nitrogens is 1. The summed E-state index contributed by atoms with van der Waals surface area (Å²) in [7, 11) is 0. The molecule has 0 saturated carbocycles. The van der Waals surface area contributed by atoms with Crippen molar-refractivity contribution in [2.75, 3.05) is 0 Å². The lowest BCUT2D eigenvalue weighted by atomic mass is 9.98. The molecule has 0 aliphatic heterocycles. The first-order chi connectivity index (χ1) is 8.36. The van der Waals surface area contributed by atoms with Gasteiger partial charge in [0.15, 0.2) is 0 Å². The summed E-state index contributed by atoms with van der Waals surface area (Å²) in [6, 6.07) is 18.9. The van der Waals surface area contributed by atoms with Crippen LogP contribution in [0.4, 0.5) is 0 Å². The van der Waals surface area contributed by atoms with Crippen LogP contribution in [0.3, 0.4) is 0 Å². The van der Waals surface area contributed by atoms with E-state index in [1.807, 2.05) is 12.3 Å². The van der Waals surface area contributed by atoms with Crippen molar-refractivity contribution in [3.05, 3.63) is 66.5 Å². The van der Waals surface area contributed by atoms with Crippen molar-refractivity contribution in [1.82, 2.24) is 4.98 Å². The molecule has 0 saturated heterocycles. The molecule has 1 nitrogen and oxygen atoms in total. The molecule has 2 aromatic carbocycles. The van der Waals surface area contributed by atoms with Crippen molar-refractivity contribution in [2.45, 2.75) is 6.92 Å². The minimum atomic E-state index is 1.09. The lowest BCUT2D eigenvalue weighted by molar-refractivity contribution is 1.24. The van der Waals surface area contributed by atoms with E-state index in [9.17, 15) is 0 Å². The molecule has 0 fully saturated rings. The minimum Gasteiger partial charge on any atom is -0.261 e. The number of rotatable bonds is 1. The van der Waals surface area contributed by atoms with Gasteiger partial charge in [0.25, 0.3) is 0 Å². The van der Waals surface area contributed by atoms with Gasteiger partial charge in [0.1, 0.15) is 0 Å². The maximum absolute atomic E-state index is 4.39. The largest absolute Gasteiger partial charge is 0.261 e. The number of hydrogen-bond donors (Lipinski definition) is 0. The van der Waals surface area contributed by atoms with Crippen LogP contribution in [0.2, 0.25) is 0 Å². The van der Waals surface area contributed by atoms with E-state index in [4.69, 9.17) is 0 Å². The highest BCUT2D eigenvalue weighted by Crippen LogP contribution is 2.29. The van der Waals surface area contributed by atoms with E-state index in [0.29, 0.717) is 0 Å². The van der Waals surface area contributed by atoms with Crippen LogP contribution in [-0.4, -0.2) is 4.98 Å². The Bertz CT molecular complexity index is 651.